The van der Waals surface area contributed by atoms with Gasteiger partial charge in [-0.25, -0.2) is 4.39 Å². The molecule has 0 saturated carbocycles. The summed E-state index contributed by atoms with van der Waals surface area (Å²) in [6, 6.07) is 12.8. The van der Waals surface area contributed by atoms with E-state index in [4.69, 9.17) is 10.3 Å². The van der Waals surface area contributed by atoms with Gasteiger partial charge in [0.25, 0.3) is 5.89 Å². The van der Waals surface area contributed by atoms with Gasteiger partial charge >= 0.3 is 0 Å². The van der Waals surface area contributed by atoms with Gasteiger partial charge in [0.05, 0.1) is 5.69 Å². The lowest BCUT2D eigenvalue weighted by molar-refractivity contribution is 0.270. The summed E-state index contributed by atoms with van der Waals surface area (Å²) < 4.78 is 20.1. The Balaban J connectivity index is 1.52. The summed E-state index contributed by atoms with van der Waals surface area (Å²) in [5.41, 5.74) is 8.68. The van der Waals surface area contributed by atoms with Gasteiger partial charge in [0.15, 0.2) is 0 Å². The van der Waals surface area contributed by atoms with Crippen LogP contribution in [-0.2, 0) is 6.54 Å². The molecule has 0 radical (unpaired) electrons. The molecule has 1 fully saturated rings. The van der Waals surface area contributed by atoms with Gasteiger partial charge in [0.2, 0.25) is 5.82 Å². The maximum absolute atomic E-state index is 14.8. The summed E-state index contributed by atoms with van der Waals surface area (Å²) in [7, 11) is 0. The maximum atomic E-state index is 14.8. The Morgan fingerprint density at radius 3 is 2.39 bits per heavy atom. The summed E-state index contributed by atoms with van der Waals surface area (Å²) in [4.78, 5) is 8.87. The Morgan fingerprint density at radius 1 is 1.04 bits per heavy atom. The van der Waals surface area contributed by atoms with Crippen LogP contribution in [0.5, 0.6) is 0 Å². The molecule has 2 heterocycles. The van der Waals surface area contributed by atoms with E-state index < -0.39 is 0 Å². The predicted octanol–water partition coefficient (Wildman–Crippen LogP) is 3.14. The molecule has 7 heteroatoms. The number of likely N-dealkylation sites (N-methyl/N-ethyl adjacent to an activating group) is 1. The van der Waals surface area contributed by atoms with Crippen molar-refractivity contribution in [3.05, 3.63) is 53.8 Å². The van der Waals surface area contributed by atoms with Gasteiger partial charge in [-0.05, 0) is 30.3 Å². The van der Waals surface area contributed by atoms with Gasteiger partial charge in [-0.15, -0.1) is 0 Å². The zero-order valence-corrected chi connectivity index (χ0v) is 15.9. The highest BCUT2D eigenvalue weighted by atomic mass is 19.1. The average molecular weight is 381 g/mol. The molecule has 1 aliphatic heterocycles. The van der Waals surface area contributed by atoms with Gasteiger partial charge < -0.3 is 20.1 Å². The van der Waals surface area contributed by atoms with E-state index in [-0.39, 0.29) is 5.82 Å². The third kappa shape index (κ3) is 3.76. The maximum Gasteiger partial charge on any atom is 0.258 e. The Kier molecular flexibility index (Phi) is 5.36. The molecule has 0 aliphatic carbocycles. The lowest BCUT2D eigenvalue weighted by Crippen LogP contribution is -2.46. The molecule has 0 atom stereocenters. The zero-order chi connectivity index (χ0) is 19.5. The Bertz CT molecular complexity index is 932. The Hall–Kier alpha value is -2.77. The summed E-state index contributed by atoms with van der Waals surface area (Å²) in [5, 5.41) is 4.02. The number of rotatable bonds is 5. The molecule has 4 rings (SSSR count). The van der Waals surface area contributed by atoms with Crippen molar-refractivity contribution in [3.63, 3.8) is 0 Å². The number of anilines is 1. The van der Waals surface area contributed by atoms with Crippen LogP contribution < -0.4 is 10.6 Å². The highest BCUT2D eigenvalue weighted by molar-refractivity contribution is 5.63. The van der Waals surface area contributed by atoms with Crippen molar-refractivity contribution >= 4 is 5.69 Å². The van der Waals surface area contributed by atoms with E-state index in [1.165, 1.54) is 6.07 Å². The van der Waals surface area contributed by atoms with Crippen LogP contribution in [-0.4, -0.2) is 47.8 Å². The lowest BCUT2D eigenvalue weighted by Gasteiger charge is -2.35. The van der Waals surface area contributed by atoms with Gasteiger partial charge in [0.1, 0.15) is 5.82 Å². The van der Waals surface area contributed by atoms with E-state index in [0.29, 0.717) is 29.5 Å². The van der Waals surface area contributed by atoms with Crippen molar-refractivity contribution in [2.75, 3.05) is 37.6 Å². The van der Waals surface area contributed by atoms with E-state index in [0.717, 1.165) is 43.9 Å². The summed E-state index contributed by atoms with van der Waals surface area (Å²) >= 11 is 0. The number of benzene rings is 2. The van der Waals surface area contributed by atoms with Crippen molar-refractivity contribution in [1.29, 1.82) is 0 Å². The van der Waals surface area contributed by atoms with E-state index in [1.54, 1.807) is 6.07 Å². The number of hydrogen-bond acceptors (Lipinski definition) is 6. The van der Waals surface area contributed by atoms with E-state index in [2.05, 4.69) is 26.9 Å². The number of nitrogens with zero attached hydrogens (tertiary/aromatic N) is 4. The van der Waals surface area contributed by atoms with Crippen molar-refractivity contribution in [2.24, 2.45) is 5.73 Å². The minimum Gasteiger partial charge on any atom is -0.367 e. The second-order valence-electron chi connectivity index (χ2n) is 6.91. The monoisotopic (exact) mass is 381 g/mol. The van der Waals surface area contributed by atoms with E-state index in [1.807, 2.05) is 30.3 Å². The Morgan fingerprint density at radius 2 is 1.75 bits per heavy atom. The number of piperazine rings is 1. The van der Waals surface area contributed by atoms with Crippen molar-refractivity contribution < 1.29 is 8.91 Å². The van der Waals surface area contributed by atoms with Crippen molar-refractivity contribution in [3.8, 4) is 22.8 Å². The lowest BCUT2D eigenvalue weighted by atomic mass is 10.1. The molecule has 1 aliphatic rings. The molecule has 1 aromatic heterocycles. The molecule has 0 amide bonds. The Labute approximate surface area is 163 Å². The molecule has 146 valence electrons. The molecule has 0 spiro atoms. The minimum absolute atomic E-state index is 0.269. The number of aromatic nitrogens is 2. The third-order valence-corrected chi connectivity index (χ3v) is 5.23. The summed E-state index contributed by atoms with van der Waals surface area (Å²) in [6.45, 7) is 7.22. The molecular weight excluding hydrogens is 357 g/mol. The van der Waals surface area contributed by atoms with Gasteiger partial charge in [0, 0.05) is 43.9 Å². The second kappa shape index (κ2) is 8.08. The van der Waals surface area contributed by atoms with Crippen molar-refractivity contribution in [1.82, 2.24) is 15.0 Å². The second-order valence-corrected chi connectivity index (χ2v) is 6.91. The molecule has 0 unspecified atom stereocenters. The topological polar surface area (TPSA) is 71.4 Å². The zero-order valence-electron chi connectivity index (χ0n) is 15.9. The SMILES string of the molecule is CCN1CCN(c2ccc(-c3nc(-c4ccc(CN)cc4)no3)cc2F)CC1. The van der Waals surface area contributed by atoms with E-state index in [9.17, 15) is 4.39 Å². The number of nitrogens with two attached hydrogens (primary N) is 1. The van der Waals surface area contributed by atoms with Crippen LogP contribution in [0.3, 0.4) is 0 Å². The van der Waals surface area contributed by atoms with Crippen LogP contribution in [0, 0.1) is 5.82 Å². The van der Waals surface area contributed by atoms with Crippen molar-refractivity contribution in [2.45, 2.75) is 13.5 Å². The van der Waals surface area contributed by atoms with Gasteiger partial charge in [-0.2, -0.15) is 4.98 Å². The smallest absolute Gasteiger partial charge is 0.258 e. The highest BCUT2D eigenvalue weighted by Gasteiger charge is 2.20. The normalized spacial score (nSPS) is 15.2. The molecule has 2 N–H and O–H groups in total. The fraction of sp³-hybridized carbons (Fsp3) is 0.333. The molecular formula is C21H24FN5O. The molecule has 0 bridgehead atoms. The van der Waals surface area contributed by atoms with Crippen LogP contribution in [0.15, 0.2) is 47.0 Å². The van der Waals surface area contributed by atoms with Gasteiger partial charge in [-0.3, -0.25) is 0 Å². The average Bonchev–Trinajstić information content (AvgIpc) is 3.24. The number of halogens is 1. The molecule has 3 aromatic rings. The first kappa shape index (κ1) is 18.6. The first-order chi connectivity index (χ1) is 13.7. The van der Waals surface area contributed by atoms with Crippen LogP contribution in [0.4, 0.5) is 10.1 Å². The summed E-state index contributed by atoms with van der Waals surface area (Å²) in [6.07, 6.45) is 0. The fourth-order valence-corrected chi connectivity index (χ4v) is 3.45. The van der Waals surface area contributed by atoms with Crippen LogP contribution in [0.25, 0.3) is 22.8 Å². The highest BCUT2D eigenvalue weighted by Crippen LogP contribution is 2.28. The minimum atomic E-state index is -0.269. The van der Waals surface area contributed by atoms with Gasteiger partial charge in [-0.1, -0.05) is 36.3 Å². The standard InChI is InChI=1S/C21H24FN5O/c1-2-26-9-11-27(12-10-26)19-8-7-17(13-18(19)22)21-24-20(25-28-21)16-5-3-15(14-23)4-6-16/h3-8,13H,2,9-12,14,23H2,1H3. The molecule has 28 heavy (non-hydrogen) atoms. The van der Waals surface area contributed by atoms with E-state index >= 15 is 0 Å². The quantitative estimate of drug-likeness (QED) is 0.732. The third-order valence-electron chi connectivity index (χ3n) is 5.23. The predicted molar refractivity (Wildman–Crippen MR) is 107 cm³/mol. The number of hydrogen-bond donors (Lipinski definition) is 1. The van der Waals surface area contributed by atoms with Crippen LogP contribution >= 0.6 is 0 Å². The molecule has 2 aromatic carbocycles. The molecule has 1 saturated heterocycles. The van der Waals surface area contributed by atoms with Crippen LogP contribution in [0.1, 0.15) is 12.5 Å². The molecule has 6 nitrogen and oxygen atoms in total. The first-order valence-corrected chi connectivity index (χ1v) is 9.58. The fourth-order valence-electron chi connectivity index (χ4n) is 3.45. The first-order valence-electron chi connectivity index (χ1n) is 9.58. The van der Waals surface area contributed by atoms with Crippen LogP contribution in [0.2, 0.25) is 0 Å². The largest absolute Gasteiger partial charge is 0.367 e. The summed E-state index contributed by atoms with van der Waals surface area (Å²) in [5.74, 6) is 0.507.